The largest absolute Gasteiger partial charge is 0.503 e. The Balaban J connectivity index is 0.000000180. The maximum atomic E-state index is 8.56. The highest BCUT2D eigenvalue weighted by molar-refractivity contribution is 5.53. The van der Waals surface area contributed by atoms with Crippen LogP contribution in [0.1, 0.15) is 0 Å². The van der Waals surface area contributed by atoms with E-state index in [4.69, 9.17) is 15.0 Å². The van der Waals surface area contributed by atoms with Gasteiger partial charge in [0.1, 0.15) is 0 Å². The summed E-state index contributed by atoms with van der Waals surface area (Å²) < 4.78 is 0. The standard InChI is InChI=1S/C4H4N2.CH2O3/c1-2-4-6-5-3-1;2-1(3)4/h1-4H;(H2,2,3,4). The van der Waals surface area contributed by atoms with E-state index in [0.29, 0.717) is 0 Å². The zero-order chi connectivity index (χ0) is 7.82. The Morgan fingerprint density at radius 3 is 1.50 bits per heavy atom. The molecule has 0 bridgehead atoms. The Morgan fingerprint density at radius 1 is 1.10 bits per heavy atom. The molecule has 5 heteroatoms. The quantitative estimate of drug-likeness (QED) is 0.557. The Kier molecular flexibility index (Phi) is 4.58. The fraction of sp³-hybridized carbons (Fsp3) is 0. The molecule has 0 radical (unpaired) electrons. The molecule has 0 unspecified atom stereocenters. The average Bonchev–Trinajstić information content (AvgIpc) is 1.90. The van der Waals surface area contributed by atoms with Gasteiger partial charge in [-0.3, -0.25) is 0 Å². The van der Waals surface area contributed by atoms with Crippen molar-refractivity contribution in [2.75, 3.05) is 0 Å². The molecule has 1 aromatic heterocycles. The van der Waals surface area contributed by atoms with E-state index in [1.165, 1.54) is 0 Å². The molecule has 0 fully saturated rings. The fourth-order valence-electron chi connectivity index (χ4n) is 0.253. The van der Waals surface area contributed by atoms with E-state index >= 15 is 0 Å². The molecule has 0 spiro atoms. The molecular formula is C5H6N2O3. The molecule has 0 saturated carbocycles. The van der Waals surface area contributed by atoms with Crippen molar-refractivity contribution in [3.05, 3.63) is 24.5 Å². The van der Waals surface area contributed by atoms with Crippen LogP contribution in [-0.2, 0) is 0 Å². The minimum atomic E-state index is -1.83. The minimum Gasteiger partial charge on any atom is -0.450 e. The second-order valence-electron chi connectivity index (χ2n) is 1.20. The lowest BCUT2D eigenvalue weighted by Gasteiger charge is -1.69. The molecular weight excluding hydrogens is 136 g/mol. The van der Waals surface area contributed by atoms with Crippen LogP contribution in [0.3, 0.4) is 0 Å². The molecule has 0 aromatic carbocycles. The van der Waals surface area contributed by atoms with Gasteiger partial charge in [0.05, 0.1) is 0 Å². The van der Waals surface area contributed by atoms with Crippen molar-refractivity contribution in [3.63, 3.8) is 0 Å². The number of nitrogens with zero attached hydrogens (tertiary/aromatic N) is 2. The first-order chi connectivity index (χ1) is 4.73. The number of aromatic nitrogens is 2. The van der Waals surface area contributed by atoms with Gasteiger partial charge >= 0.3 is 6.16 Å². The molecule has 0 amide bonds. The van der Waals surface area contributed by atoms with E-state index in [0.717, 1.165) is 0 Å². The number of rotatable bonds is 0. The normalized spacial score (nSPS) is 7.20. The van der Waals surface area contributed by atoms with Gasteiger partial charge in [0.25, 0.3) is 0 Å². The highest BCUT2D eigenvalue weighted by atomic mass is 16.6. The molecule has 5 nitrogen and oxygen atoms in total. The summed E-state index contributed by atoms with van der Waals surface area (Å²) in [5.74, 6) is 0. The molecule has 54 valence electrons. The lowest BCUT2D eigenvalue weighted by molar-refractivity contribution is 0.137. The Morgan fingerprint density at radius 2 is 1.40 bits per heavy atom. The van der Waals surface area contributed by atoms with Crippen molar-refractivity contribution in [2.45, 2.75) is 0 Å². The summed E-state index contributed by atoms with van der Waals surface area (Å²) in [6.45, 7) is 0. The van der Waals surface area contributed by atoms with Gasteiger partial charge in [-0.1, -0.05) is 0 Å². The van der Waals surface area contributed by atoms with Gasteiger partial charge in [-0.25, -0.2) is 4.79 Å². The van der Waals surface area contributed by atoms with Gasteiger partial charge in [0.15, 0.2) is 0 Å². The third kappa shape index (κ3) is 9.61. The van der Waals surface area contributed by atoms with Gasteiger partial charge in [0.2, 0.25) is 0 Å². The van der Waals surface area contributed by atoms with Gasteiger partial charge < -0.3 is 10.2 Å². The van der Waals surface area contributed by atoms with E-state index in [-0.39, 0.29) is 0 Å². The number of hydrogen-bond acceptors (Lipinski definition) is 3. The first kappa shape index (κ1) is 8.35. The van der Waals surface area contributed by atoms with Crippen molar-refractivity contribution >= 4 is 6.16 Å². The van der Waals surface area contributed by atoms with E-state index < -0.39 is 6.16 Å². The Hall–Kier alpha value is -1.65. The lowest BCUT2D eigenvalue weighted by atomic mass is 10.6. The first-order valence-corrected chi connectivity index (χ1v) is 2.37. The topological polar surface area (TPSA) is 83.3 Å². The van der Waals surface area contributed by atoms with Crippen LogP contribution in [0.15, 0.2) is 24.5 Å². The summed E-state index contributed by atoms with van der Waals surface area (Å²) in [5.41, 5.74) is 0. The van der Waals surface area contributed by atoms with Crippen molar-refractivity contribution in [1.29, 1.82) is 0 Å². The summed E-state index contributed by atoms with van der Waals surface area (Å²) in [4.78, 5) is 8.56. The minimum absolute atomic E-state index is 1.64. The number of carboxylic acid groups (broad SMARTS) is 2. The van der Waals surface area contributed by atoms with E-state index in [9.17, 15) is 0 Å². The van der Waals surface area contributed by atoms with Crippen LogP contribution in [0.4, 0.5) is 4.79 Å². The van der Waals surface area contributed by atoms with Crippen LogP contribution in [0.25, 0.3) is 0 Å². The maximum Gasteiger partial charge on any atom is 0.503 e. The van der Waals surface area contributed by atoms with Crippen LogP contribution in [-0.4, -0.2) is 26.6 Å². The Bertz CT molecular complexity index is 147. The molecule has 2 N–H and O–H groups in total. The zero-order valence-corrected chi connectivity index (χ0v) is 5.01. The van der Waals surface area contributed by atoms with Crippen molar-refractivity contribution < 1.29 is 15.0 Å². The molecule has 1 rings (SSSR count). The molecule has 0 aliphatic rings. The van der Waals surface area contributed by atoms with Gasteiger partial charge in [-0.2, -0.15) is 10.2 Å². The van der Waals surface area contributed by atoms with Gasteiger partial charge in [-0.05, 0) is 12.1 Å². The van der Waals surface area contributed by atoms with E-state index in [1.807, 2.05) is 12.1 Å². The average molecular weight is 142 g/mol. The smallest absolute Gasteiger partial charge is 0.450 e. The van der Waals surface area contributed by atoms with Crippen LogP contribution in [0.2, 0.25) is 0 Å². The molecule has 1 aromatic rings. The summed E-state index contributed by atoms with van der Waals surface area (Å²) in [5, 5.41) is 21.0. The van der Waals surface area contributed by atoms with Crippen LogP contribution < -0.4 is 0 Å². The predicted molar refractivity (Wildman–Crippen MR) is 32.7 cm³/mol. The molecule has 10 heavy (non-hydrogen) atoms. The monoisotopic (exact) mass is 142 g/mol. The number of carbonyl (C=O) groups is 1. The summed E-state index contributed by atoms with van der Waals surface area (Å²) in [7, 11) is 0. The van der Waals surface area contributed by atoms with Crippen molar-refractivity contribution in [3.8, 4) is 0 Å². The SMILES string of the molecule is O=C(O)O.c1ccnnc1. The third-order valence-corrected chi connectivity index (χ3v) is 0.483. The fourth-order valence-corrected chi connectivity index (χ4v) is 0.253. The van der Waals surface area contributed by atoms with Crippen LogP contribution in [0, 0.1) is 0 Å². The first-order valence-electron chi connectivity index (χ1n) is 2.37. The van der Waals surface area contributed by atoms with Crippen LogP contribution in [0.5, 0.6) is 0 Å². The summed E-state index contributed by atoms with van der Waals surface area (Å²) in [6, 6.07) is 3.65. The maximum absolute atomic E-state index is 8.56. The lowest BCUT2D eigenvalue weighted by Crippen LogP contribution is -1.81. The molecule has 0 saturated heterocycles. The highest BCUT2D eigenvalue weighted by Crippen LogP contribution is 1.68. The summed E-state index contributed by atoms with van der Waals surface area (Å²) in [6.07, 6.45) is 1.44. The predicted octanol–water partition coefficient (Wildman–Crippen LogP) is 0.699. The van der Waals surface area contributed by atoms with Gasteiger partial charge in [0, 0.05) is 12.4 Å². The molecule has 0 aliphatic carbocycles. The van der Waals surface area contributed by atoms with Crippen molar-refractivity contribution in [1.82, 2.24) is 10.2 Å². The van der Waals surface area contributed by atoms with E-state index in [1.54, 1.807) is 12.4 Å². The Labute approximate surface area is 57.0 Å². The zero-order valence-electron chi connectivity index (χ0n) is 5.01. The molecule has 0 aliphatic heterocycles. The molecule has 1 heterocycles. The van der Waals surface area contributed by atoms with Crippen LogP contribution >= 0.6 is 0 Å². The van der Waals surface area contributed by atoms with E-state index in [2.05, 4.69) is 10.2 Å². The molecule has 0 atom stereocenters. The van der Waals surface area contributed by atoms with Gasteiger partial charge in [-0.15, -0.1) is 0 Å². The second-order valence-corrected chi connectivity index (χ2v) is 1.20. The summed E-state index contributed by atoms with van der Waals surface area (Å²) >= 11 is 0. The third-order valence-electron chi connectivity index (χ3n) is 0.483. The highest BCUT2D eigenvalue weighted by Gasteiger charge is 1.70. The second kappa shape index (κ2) is 5.49. The van der Waals surface area contributed by atoms with Crippen molar-refractivity contribution in [2.24, 2.45) is 0 Å². The number of hydrogen-bond donors (Lipinski definition) is 2.